The van der Waals surface area contributed by atoms with E-state index in [1.54, 1.807) is 12.1 Å². The summed E-state index contributed by atoms with van der Waals surface area (Å²) in [5.74, 6) is -5.92. The van der Waals surface area contributed by atoms with E-state index < -0.39 is 35.1 Å². The number of nitrogens with one attached hydrogen (secondary N) is 3. The molecule has 0 aliphatic heterocycles. The van der Waals surface area contributed by atoms with Crippen LogP contribution in [0.5, 0.6) is 0 Å². The average molecular weight is 543 g/mol. The fourth-order valence-electron chi connectivity index (χ4n) is 5.30. The predicted octanol–water partition coefficient (Wildman–Crippen LogP) is 4.47. The molecule has 2 heterocycles. The van der Waals surface area contributed by atoms with Gasteiger partial charge < -0.3 is 15.7 Å². The summed E-state index contributed by atoms with van der Waals surface area (Å²) in [6, 6.07) is 7.03. The number of alkyl halides is 2. The summed E-state index contributed by atoms with van der Waals surface area (Å²) in [4.78, 5) is 26.8. The number of carbonyl (C=O) groups excluding carboxylic acids is 2. The van der Waals surface area contributed by atoms with Crippen LogP contribution in [0.4, 0.5) is 14.5 Å². The number of carbonyl (C=O) groups is 2. The number of aromatic amines is 1. The third-order valence-corrected chi connectivity index (χ3v) is 7.47. The van der Waals surface area contributed by atoms with E-state index in [0.29, 0.717) is 18.5 Å². The van der Waals surface area contributed by atoms with Crippen molar-refractivity contribution in [2.24, 2.45) is 11.3 Å². The molecule has 0 spiro atoms. The highest BCUT2D eigenvalue weighted by molar-refractivity contribution is 6.01. The third-order valence-electron chi connectivity index (χ3n) is 7.47. The fraction of sp³-hybridized carbons (Fsp3) is 0.500. The average Bonchev–Trinajstić information content (AvgIpc) is 3.49. The van der Waals surface area contributed by atoms with Crippen molar-refractivity contribution in [3.8, 4) is 11.1 Å². The van der Waals surface area contributed by atoms with Gasteiger partial charge in [0.1, 0.15) is 11.7 Å². The van der Waals surface area contributed by atoms with E-state index in [1.807, 2.05) is 39.8 Å². The highest BCUT2D eigenvalue weighted by atomic mass is 19.3. The maximum Gasteiger partial charge on any atom is 0.270 e. The lowest BCUT2D eigenvalue weighted by molar-refractivity contribution is -0.140. The topological polar surface area (TPSA) is 125 Å². The van der Waals surface area contributed by atoms with Crippen molar-refractivity contribution in [3.63, 3.8) is 0 Å². The van der Waals surface area contributed by atoms with Gasteiger partial charge in [0.05, 0.1) is 11.6 Å². The summed E-state index contributed by atoms with van der Waals surface area (Å²) in [5, 5.41) is 25.7. The summed E-state index contributed by atoms with van der Waals surface area (Å²) in [6.45, 7) is 7.79. The number of hydrogen-bond acceptors (Lipinski definition) is 5. The molecule has 1 aliphatic rings. The lowest BCUT2D eigenvalue weighted by atomic mass is 9.68. The Morgan fingerprint density at radius 1 is 1.18 bits per heavy atom. The minimum atomic E-state index is -3.14. The maximum atomic E-state index is 15.3. The number of rotatable bonds is 9. The summed E-state index contributed by atoms with van der Waals surface area (Å²) < 4.78 is 32.0. The highest BCUT2D eigenvalue weighted by Crippen LogP contribution is 2.48. The second kappa shape index (κ2) is 11.3. The molecule has 3 aromatic rings. The molecule has 11 heteroatoms. The van der Waals surface area contributed by atoms with E-state index in [9.17, 15) is 9.59 Å². The largest absolute Gasteiger partial charge is 0.396 e. The molecule has 1 saturated carbocycles. The van der Waals surface area contributed by atoms with Crippen molar-refractivity contribution in [1.29, 1.82) is 0 Å². The smallest absolute Gasteiger partial charge is 0.270 e. The summed E-state index contributed by atoms with van der Waals surface area (Å²) in [5.41, 5.74) is 3.75. The molecule has 9 nitrogen and oxygen atoms in total. The SMILES string of the molecule is Cc1n[nH]c(C)c1-c1ccc(NC(=O)[C@@H](NC(=O)c2ccnn2CCCO)[C@@H]2CC(C)(C)CCC2(F)F)cc1. The predicted molar refractivity (Wildman–Crippen MR) is 143 cm³/mol. The first-order valence-electron chi connectivity index (χ1n) is 13.2. The van der Waals surface area contributed by atoms with Gasteiger partial charge in [0, 0.05) is 42.7 Å². The van der Waals surface area contributed by atoms with Crippen molar-refractivity contribution in [2.45, 2.75) is 71.9 Å². The van der Waals surface area contributed by atoms with Crippen LogP contribution < -0.4 is 10.6 Å². The fourth-order valence-corrected chi connectivity index (χ4v) is 5.30. The number of aryl methyl sites for hydroxylation is 3. The van der Waals surface area contributed by atoms with Crippen LogP contribution in [0.15, 0.2) is 36.5 Å². The molecule has 0 bridgehead atoms. The van der Waals surface area contributed by atoms with Gasteiger partial charge in [0.2, 0.25) is 5.91 Å². The Labute approximate surface area is 226 Å². The molecule has 4 N–H and O–H groups in total. The van der Waals surface area contributed by atoms with Gasteiger partial charge in [-0.1, -0.05) is 26.0 Å². The molecule has 39 heavy (non-hydrogen) atoms. The third kappa shape index (κ3) is 6.35. The number of H-pyrrole nitrogens is 1. The standard InChI is InChI=1S/C28H36F2N6O3/c1-17-23(18(2)35-34-17)19-6-8-20(9-7-19)32-26(39)24(21-16-27(3,4)11-12-28(21,29)30)33-25(38)22-10-13-31-36(22)14-5-15-37/h6-10,13,21,24,37H,5,11-12,14-16H2,1-4H3,(H,32,39)(H,33,38)(H,34,35)/t21-,24-/m0/s1. The Morgan fingerprint density at radius 2 is 1.90 bits per heavy atom. The van der Waals surface area contributed by atoms with Gasteiger partial charge in [0.25, 0.3) is 11.8 Å². The minimum Gasteiger partial charge on any atom is -0.396 e. The maximum absolute atomic E-state index is 15.3. The van der Waals surface area contributed by atoms with E-state index >= 15 is 8.78 Å². The van der Waals surface area contributed by atoms with Crippen molar-refractivity contribution >= 4 is 17.5 Å². The van der Waals surface area contributed by atoms with Crippen LogP contribution in [0, 0.1) is 25.2 Å². The van der Waals surface area contributed by atoms with E-state index in [1.165, 1.54) is 16.9 Å². The van der Waals surface area contributed by atoms with Crippen LogP contribution in [0.1, 0.15) is 61.4 Å². The number of benzene rings is 1. The van der Waals surface area contributed by atoms with Crippen LogP contribution in [-0.4, -0.2) is 55.5 Å². The van der Waals surface area contributed by atoms with Gasteiger partial charge >= 0.3 is 0 Å². The van der Waals surface area contributed by atoms with Crippen LogP contribution in [0.3, 0.4) is 0 Å². The first kappa shape index (κ1) is 28.4. The molecular weight excluding hydrogens is 506 g/mol. The molecule has 0 saturated heterocycles. The Bertz CT molecular complexity index is 1300. The first-order valence-corrected chi connectivity index (χ1v) is 13.2. The Balaban J connectivity index is 1.60. The number of aromatic nitrogens is 4. The van der Waals surface area contributed by atoms with E-state index in [0.717, 1.165) is 22.5 Å². The van der Waals surface area contributed by atoms with Crippen LogP contribution in [-0.2, 0) is 11.3 Å². The van der Waals surface area contributed by atoms with Gasteiger partial charge in [-0.05, 0) is 62.3 Å². The molecule has 2 amide bonds. The molecule has 2 atom stereocenters. The zero-order valence-corrected chi connectivity index (χ0v) is 22.7. The first-order chi connectivity index (χ1) is 18.4. The number of aliphatic hydroxyl groups excluding tert-OH is 1. The van der Waals surface area contributed by atoms with Crippen molar-refractivity contribution in [3.05, 3.63) is 53.6 Å². The zero-order chi connectivity index (χ0) is 28.4. The molecule has 210 valence electrons. The molecule has 0 radical (unpaired) electrons. The summed E-state index contributed by atoms with van der Waals surface area (Å²) >= 11 is 0. The van der Waals surface area contributed by atoms with Gasteiger partial charge in [-0.15, -0.1) is 0 Å². The molecule has 0 unspecified atom stereocenters. The van der Waals surface area contributed by atoms with Crippen LogP contribution >= 0.6 is 0 Å². The molecule has 1 aromatic carbocycles. The van der Waals surface area contributed by atoms with Crippen molar-refractivity contribution in [2.75, 3.05) is 11.9 Å². The molecule has 4 rings (SSSR count). The van der Waals surface area contributed by atoms with E-state index in [-0.39, 0.29) is 31.7 Å². The Hall–Kier alpha value is -3.60. The lowest BCUT2D eigenvalue weighted by Crippen LogP contribution is -2.56. The summed E-state index contributed by atoms with van der Waals surface area (Å²) in [6.07, 6.45) is 1.82. The van der Waals surface area contributed by atoms with Gasteiger partial charge in [-0.25, -0.2) is 8.78 Å². The molecule has 1 fully saturated rings. The van der Waals surface area contributed by atoms with Gasteiger partial charge in [-0.3, -0.25) is 19.4 Å². The minimum absolute atomic E-state index is 0.0696. The second-order valence-electron chi connectivity index (χ2n) is 11.1. The Kier molecular flexibility index (Phi) is 8.20. The van der Waals surface area contributed by atoms with E-state index in [4.69, 9.17) is 5.11 Å². The monoisotopic (exact) mass is 542 g/mol. The van der Waals surface area contributed by atoms with E-state index in [2.05, 4.69) is 25.9 Å². The number of hydrogen-bond donors (Lipinski definition) is 4. The number of anilines is 1. The van der Waals surface area contributed by atoms with Crippen LogP contribution in [0.2, 0.25) is 0 Å². The Morgan fingerprint density at radius 3 is 2.54 bits per heavy atom. The quantitative estimate of drug-likeness (QED) is 0.318. The lowest BCUT2D eigenvalue weighted by Gasteiger charge is -2.43. The number of amides is 2. The highest BCUT2D eigenvalue weighted by Gasteiger charge is 2.52. The molecular formula is C28H36F2N6O3. The number of nitrogens with zero attached hydrogens (tertiary/aromatic N) is 3. The normalized spacial score (nSPS) is 18.9. The second-order valence-corrected chi connectivity index (χ2v) is 11.1. The van der Waals surface area contributed by atoms with Gasteiger partial charge in [0.15, 0.2) is 0 Å². The molecule has 1 aliphatic carbocycles. The number of aliphatic hydroxyl groups is 1. The molecule has 2 aromatic heterocycles. The van der Waals surface area contributed by atoms with Gasteiger partial charge in [-0.2, -0.15) is 10.2 Å². The zero-order valence-electron chi connectivity index (χ0n) is 22.7. The summed E-state index contributed by atoms with van der Waals surface area (Å²) in [7, 11) is 0. The number of halogens is 2. The van der Waals surface area contributed by atoms with Crippen molar-refractivity contribution < 1.29 is 23.5 Å². The van der Waals surface area contributed by atoms with Crippen molar-refractivity contribution in [1.82, 2.24) is 25.3 Å². The van der Waals surface area contributed by atoms with Crippen LogP contribution in [0.25, 0.3) is 11.1 Å².